The highest BCUT2D eigenvalue weighted by atomic mass is 16.1. The normalized spacial score (nSPS) is 11.3. The monoisotopic (exact) mass is 172 g/mol. The molecule has 0 aliphatic rings. The van der Waals surface area contributed by atoms with Crippen LogP contribution in [0.15, 0.2) is 0 Å². The summed E-state index contributed by atoms with van der Waals surface area (Å²) in [5.41, 5.74) is 0.177. The molecule has 0 saturated carbocycles. The molecule has 0 saturated heterocycles. The molecular formula is C9H20N2O. The highest BCUT2D eigenvalue weighted by Gasteiger charge is 2.06. The average Bonchev–Trinajstić information content (AvgIpc) is 1.83. The zero-order valence-electron chi connectivity index (χ0n) is 8.53. The van der Waals surface area contributed by atoms with E-state index in [0.717, 1.165) is 19.5 Å². The summed E-state index contributed by atoms with van der Waals surface area (Å²) in [6.45, 7) is 9.64. The number of hydrogen-bond donors (Lipinski definition) is 2. The van der Waals surface area contributed by atoms with Crippen molar-refractivity contribution in [1.29, 1.82) is 0 Å². The number of hydrogen-bond acceptors (Lipinski definition) is 2. The number of nitrogens with one attached hydrogen (secondary N) is 2. The Hall–Kier alpha value is -0.570. The van der Waals surface area contributed by atoms with E-state index in [4.69, 9.17) is 0 Å². The molecule has 0 aromatic carbocycles. The third kappa shape index (κ3) is 9.43. The number of amides is 1. The van der Waals surface area contributed by atoms with E-state index >= 15 is 0 Å². The Morgan fingerprint density at radius 3 is 2.25 bits per heavy atom. The second-order valence-electron chi connectivity index (χ2n) is 4.01. The standard InChI is InChI=1S/C9H20N2O/c1-8(12)10-6-5-7-11-9(2,3)4/h11H,5-7H2,1-4H3,(H,10,12). The van der Waals surface area contributed by atoms with Gasteiger partial charge < -0.3 is 10.6 Å². The largest absolute Gasteiger partial charge is 0.356 e. The fourth-order valence-electron chi connectivity index (χ4n) is 0.816. The van der Waals surface area contributed by atoms with Crippen LogP contribution in [-0.2, 0) is 4.79 Å². The zero-order valence-corrected chi connectivity index (χ0v) is 8.53. The van der Waals surface area contributed by atoms with Gasteiger partial charge in [0, 0.05) is 19.0 Å². The van der Waals surface area contributed by atoms with Crippen LogP contribution in [0, 0.1) is 0 Å². The first kappa shape index (κ1) is 11.4. The van der Waals surface area contributed by atoms with E-state index in [1.165, 1.54) is 6.92 Å². The summed E-state index contributed by atoms with van der Waals surface area (Å²) in [5, 5.41) is 6.10. The topological polar surface area (TPSA) is 41.1 Å². The fraction of sp³-hybridized carbons (Fsp3) is 0.889. The summed E-state index contributed by atoms with van der Waals surface area (Å²) < 4.78 is 0. The quantitative estimate of drug-likeness (QED) is 0.619. The molecule has 0 aromatic rings. The maximum absolute atomic E-state index is 10.5. The van der Waals surface area contributed by atoms with Gasteiger partial charge in [-0.05, 0) is 33.7 Å². The van der Waals surface area contributed by atoms with Gasteiger partial charge in [-0.2, -0.15) is 0 Å². The Bertz CT molecular complexity index is 138. The minimum Gasteiger partial charge on any atom is -0.356 e. The van der Waals surface area contributed by atoms with Gasteiger partial charge in [-0.3, -0.25) is 4.79 Å². The molecule has 0 spiro atoms. The molecule has 0 aliphatic carbocycles. The van der Waals surface area contributed by atoms with Gasteiger partial charge in [-0.15, -0.1) is 0 Å². The Morgan fingerprint density at radius 2 is 1.83 bits per heavy atom. The summed E-state index contributed by atoms with van der Waals surface area (Å²) in [6.07, 6.45) is 0.983. The predicted molar refractivity (Wildman–Crippen MR) is 51.1 cm³/mol. The van der Waals surface area contributed by atoms with Gasteiger partial charge in [-0.1, -0.05) is 0 Å². The Morgan fingerprint density at radius 1 is 1.25 bits per heavy atom. The Kier molecular flexibility index (Phi) is 4.90. The molecular weight excluding hydrogens is 152 g/mol. The van der Waals surface area contributed by atoms with Gasteiger partial charge in [0.05, 0.1) is 0 Å². The molecule has 0 aromatic heterocycles. The maximum Gasteiger partial charge on any atom is 0.216 e. The maximum atomic E-state index is 10.5. The van der Waals surface area contributed by atoms with E-state index in [-0.39, 0.29) is 11.4 Å². The second-order valence-corrected chi connectivity index (χ2v) is 4.01. The van der Waals surface area contributed by atoms with Crippen molar-refractivity contribution in [2.45, 2.75) is 39.7 Å². The van der Waals surface area contributed by atoms with Crippen molar-refractivity contribution in [3.8, 4) is 0 Å². The van der Waals surface area contributed by atoms with Crippen molar-refractivity contribution in [3.63, 3.8) is 0 Å². The summed E-state index contributed by atoms with van der Waals surface area (Å²) in [6, 6.07) is 0. The third-order valence-electron chi connectivity index (χ3n) is 1.38. The smallest absolute Gasteiger partial charge is 0.216 e. The lowest BCUT2D eigenvalue weighted by Crippen LogP contribution is -2.37. The highest BCUT2D eigenvalue weighted by Crippen LogP contribution is 1.97. The molecule has 0 bridgehead atoms. The van der Waals surface area contributed by atoms with Crippen LogP contribution < -0.4 is 10.6 Å². The molecule has 0 rings (SSSR count). The summed E-state index contributed by atoms with van der Waals surface area (Å²) in [7, 11) is 0. The minimum atomic E-state index is 0.0470. The van der Waals surface area contributed by atoms with Crippen LogP contribution in [0.5, 0.6) is 0 Å². The molecule has 0 atom stereocenters. The molecule has 3 heteroatoms. The number of carbonyl (C=O) groups excluding carboxylic acids is 1. The fourth-order valence-corrected chi connectivity index (χ4v) is 0.816. The molecule has 0 fully saturated rings. The highest BCUT2D eigenvalue weighted by molar-refractivity contribution is 5.72. The van der Waals surface area contributed by atoms with Gasteiger partial charge in [0.25, 0.3) is 0 Å². The lowest BCUT2D eigenvalue weighted by molar-refractivity contribution is -0.118. The van der Waals surface area contributed by atoms with Crippen LogP contribution in [0.2, 0.25) is 0 Å². The lowest BCUT2D eigenvalue weighted by Gasteiger charge is -2.20. The molecule has 1 amide bonds. The Balaban J connectivity index is 3.17. The summed E-state index contributed by atoms with van der Waals surface area (Å²) in [4.78, 5) is 10.5. The van der Waals surface area contributed by atoms with Gasteiger partial charge in [0.1, 0.15) is 0 Å². The van der Waals surface area contributed by atoms with Crippen molar-refractivity contribution in [2.75, 3.05) is 13.1 Å². The molecule has 0 heterocycles. The van der Waals surface area contributed by atoms with E-state index in [9.17, 15) is 4.79 Å². The van der Waals surface area contributed by atoms with Crippen molar-refractivity contribution in [1.82, 2.24) is 10.6 Å². The lowest BCUT2D eigenvalue weighted by atomic mass is 10.1. The minimum absolute atomic E-state index is 0.0470. The van der Waals surface area contributed by atoms with Gasteiger partial charge in [0.15, 0.2) is 0 Å². The summed E-state index contributed by atoms with van der Waals surface area (Å²) >= 11 is 0. The Labute approximate surface area is 74.9 Å². The SMILES string of the molecule is CC(=O)NCCCNC(C)(C)C. The third-order valence-corrected chi connectivity index (χ3v) is 1.38. The van der Waals surface area contributed by atoms with Crippen molar-refractivity contribution < 1.29 is 4.79 Å². The summed E-state index contributed by atoms with van der Waals surface area (Å²) in [5.74, 6) is 0.0470. The van der Waals surface area contributed by atoms with E-state index in [0.29, 0.717) is 0 Å². The first-order valence-corrected chi connectivity index (χ1v) is 4.41. The molecule has 3 nitrogen and oxygen atoms in total. The van der Waals surface area contributed by atoms with Crippen molar-refractivity contribution in [2.24, 2.45) is 0 Å². The molecule has 0 unspecified atom stereocenters. The van der Waals surface area contributed by atoms with Crippen LogP contribution >= 0.6 is 0 Å². The molecule has 0 radical (unpaired) electrons. The van der Waals surface area contributed by atoms with Gasteiger partial charge >= 0.3 is 0 Å². The van der Waals surface area contributed by atoms with E-state index in [1.807, 2.05) is 0 Å². The van der Waals surface area contributed by atoms with E-state index < -0.39 is 0 Å². The van der Waals surface area contributed by atoms with E-state index in [2.05, 4.69) is 31.4 Å². The van der Waals surface area contributed by atoms with Crippen LogP contribution in [0.3, 0.4) is 0 Å². The number of rotatable bonds is 4. The first-order chi connectivity index (χ1) is 5.42. The molecule has 0 aliphatic heterocycles. The van der Waals surface area contributed by atoms with E-state index in [1.54, 1.807) is 0 Å². The van der Waals surface area contributed by atoms with Crippen LogP contribution in [0.4, 0.5) is 0 Å². The first-order valence-electron chi connectivity index (χ1n) is 4.41. The van der Waals surface area contributed by atoms with Gasteiger partial charge in [0.2, 0.25) is 5.91 Å². The van der Waals surface area contributed by atoms with Crippen molar-refractivity contribution in [3.05, 3.63) is 0 Å². The van der Waals surface area contributed by atoms with Crippen molar-refractivity contribution >= 4 is 5.91 Å². The number of carbonyl (C=O) groups is 1. The zero-order chi connectivity index (χ0) is 9.61. The van der Waals surface area contributed by atoms with Crippen LogP contribution in [-0.4, -0.2) is 24.5 Å². The molecule has 72 valence electrons. The van der Waals surface area contributed by atoms with Gasteiger partial charge in [-0.25, -0.2) is 0 Å². The van der Waals surface area contributed by atoms with Crippen LogP contribution in [0.25, 0.3) is 0 Å². The van der Waals surface area contributed by atoms with Crippen LogP contribution in [0.1, 0.15) is 34.1 Å². The second kappa shape index (κ2) is 5.14. The molecule has 2 N–H and O–H groups in total. The molecule has 12 heavy (non-hydrogen) atoms. The predicted octanol–water partition coefficient (Wildman–Crippen LogP) is 0.901. The average molecular weight is 172 g/mol.